The number of methoxy groups -OCH3 is 1. The Morgan fingerprint density at radius 1 is 0.812 bits per heavy atom. The molecule has 0 unspecified atom stereocenters. The summed E-state index contributed by atoms with van der Waals surface area (Å²) in [7, 11) is 1.62. The van der Waals surface area contributed by atoms with Crippen LogP contribution in [0.3, 0.4) is 0 Å². The third-order valence-corrected chi connectivity index (χ3v) is 3.16. The second-order valence-electron chi connectivity index (χ2n) is 3.53. The molecule has 0 aromatic heterocycles. The molecule has 0 fully saturated rings. The first-order valence-corrected chi connectivity index (χ1v) is 5.50. The third kappa shape index (κ3) is 1.97. The van der Waals surface area contributed by atoms with E-state index in [2.05, 4.69) is 0 Å². The first-order valence-electron chi connectivity index (χ1n) is 5.12. The molecular formula is C14H13ClO. The number of alkyl halides is 1. The van der Waals surface area contributed by atoms with Crippen molar-refractivity contribution in [1.29, 1.82) is 0 Å². The molecule has 0 aliphatic carbocycles. The summed E-state index contributed by atoms with van der Waals surface area (Å²) in [4.78, 5) is 0. The van der Waals surface area contributed by atoms with Crippen molar-refractivity contribution in [2.75, 3.05) is 7.11 Å². The maximum atomic E-state index is 6.55. The molecule has 2 heteroatoms. The van der Waals surface area contributed by atoms with Gasteiger partial charge in [-0.3, -0.25) is 0 Å². The Kier molecular flexibility index (Phi) is 3.28. The summed E-state index contributed by atoms with van der Waals surface area (Å²) in [6, 6.07) is 19.6. The van der Waals surface area contributed by atoms with Gasteiger partial charge < -0.3 is 4.74 Å². The van der Waals surface area contributed by atoms with E-state index in [1.807, 2.05) is 60.7 Å². The van der Waals surface area contributed by atoms with Crippen LogP contribution in [0.1, 0.15) is 11.1 Å². The number of hydrogen-bond donors (Lipinski definition) is 0. The van der Waals surface area contributed by atoms with Gasteiger partial charge in [0.2, 0.25) is 0 Å². The normalized spacial score (nSPS) is 11.4. The maximum Gasteiger partial charge on any atom is 0.192 e. The summed E-state index contributed by atoms with van der Waals surface area (Å²) in [5.74, 6) is 0. The average molecular weight is 233 g/mol. The lowest BCUT2D eigenvalue weighted by atomic mass is 10.0. The van der Waals surface area contributed by atoms with E-state index in [-0.39, 0.29) is 0 Å². The number of halogens is 1. The minimum absolute atomic E-state index is 0.900. The van der Waals surface area contributed by atoms with Crippen LogP contribution < -0.4 is 0 Å². The van der Waals surface area contributed by atoms with Gasteiger partial charge in [0, 0.05) is 18.2 Å². The minimum atomic E-state index is -0.900. The van der Waals surface area contributed by atoms with Gasteiger partial charge in [0.05, 0.1) is 0 Å². The summed E-state index contributed by atoms with van der Waals surface area (Å²) in [5.41, 5.74) is 1.87. The molecule has 0 bridgehead atoms. The first-order chi connectivity index (χ1) is 7.77. The van der Waals surface area contributed by atoms with Crippen LogP contribution in [0, 0.1) is 0 Å². The monoisotopic (exact) mass is 232 g/mol. The van der Waals surface area contributed by atoms with Crippen molar-refractivity contribution >= 4 is 11.6 Å². The summed E-state index contributed by atoms with van der Waals surface area (Å²) in [5, 5.41) is -0.900. The van der Waals surface area contributed by atoms with Crippen LogP contribution in [-0.4, -0.2) is 7.11 Å². The van der Waals surface area contributed by atoms with Crippen molar-refractivity contribution in [2.24, 2.45) is 0 Å². The molecule has 0 saturated carbocycles. The zero-order valence-corrected chi connectivity index (χ0v) is 9.82. The van der Waals surface area contributed by atoms with Crippen molar-refractivity contribution in [2.45, 2.75) is 5.06 Å². The maximum absolute atomic E-state index is 6.55. The lowest BCUT2D eigenvalue weighted by Gasteiger charge is -2.26. The lowest BCUT2D eigenvalue weighted by molar-refractivity contribution is 0.0970. The van der Waals surface area contributed by atoms with E-state index in [0.29, 0.717) is 0 Å². The molecule has 0 aliphatic heterocycles. The molecule has 2 rings (SSSR count). The highest BCUT2D eigenvalue weighted by Crippen LogP contribution is 2.36. The molecule has 2 aromatic carbocycles. The molecule has 0 N–H and O–H groups in total. The number of benzene rings is 2. The highest BCUT2D eigenvalue weighted by Gasteiger charge is 2.30. The van der Waals surface area contributed by atoms with E-state index in [4.69, 9.17) is 16.3 Å². The minimum Gasteiger partial charge on any atom is -0.355 e. The van der Waals surface area contributed by atoms with E-state index in [1.165, 1.54) is 0 Å². The second kappa shape index (κ2) is 4.69. The Balaban J connectivity index is 2.49. The summed E-state index contributed by atoms with van der Waals surface area (Å²) in [6.45, 7) is 0. The Hall–Kier alpha value is -1.31. The van der Waals surface area contributed by atoms with Crippen LogP contribution in [-0.2, 0) is 9.80 Å². The van der Waals surface area contributed by atoms with Gasteiger partial charge in [-0.25, -0.2) is 0 Å². The Morgan fingerprint density at radius 2 is 1.19 bits per heavy atom. The molecular weight excluding hydrogens is 220 g/mol. The van der Waals surface area contributed by atoms with Gasteiger partial charge in [-0.15, -0.1) is 0 Å². The molecule has 1 nitrogen and oxygen atoms in total. The standard InChI is InChI=1S/C14H13ClO/c1-16-14(15,12-8-4-2-5-9-12)13-10-6-3-7-11-13/h2-11H,1H3. The number of hydrogen-bond acceptors (Lipinski definition) is 1. The van der Waals surface area contributed by atoms with Crippen LogP contribution in [0.5, 0.6) is 0 Å². The predicted molar refractivity (Wildman–Crippen MR) is 66.5 cm³/mol. The van der Waals surface area contributed by atoms with Crippen molar-refractivity contribution < 1.29 is 4.74 Å². The van der Waals surface area contributed by atoms with Gasteiger partial charge in [0.1, 0.15) is 0 Å². The average Bonchev–Trinajstić information content (AvgIpc) is 2.40. The molecule has 0 amide bonds. The lowest BCUT2D eigenvalue weighted by Crippen LogP contribution is -2.22. The van der Waals surface area contributed by atoms with Gasteiger partial charge in [-0.1, -0.05) is 72.3 Å². The molecule has 0 radical (unpaired) electrons. The van der Waals surface area contributed by atoms with E-state index >= 15 is 0 Å². The number of rotatable bonds is 3. The fourth-order valence-electron chi connectivity index (χ4n) is 1.71. The van der Waals surface area contributed by atoms with E-state index in [1.54, 1.807) is 7.11 Å². The zero-order chi connectivity index (χ0) is 11.4. The van der Waals surface area contributed by atoms with Gasteiger partial charge in [0.25, 0.3) is 0 Å². The first kappa shape index (κ1) is 11.2. The van der Waals surface area contributed by atoms with Gasteiger partial charge >= 0.3 is 0 Å². The predicted octanol–water partition coefficient (Wildman–Crippen LogP) is 3.77. The van der Waals surface area contributed by atoms with E-state index in [0.717, 1.165) is 11.1 Å². The van der Waals surface area contributed by atoms with Crippen molar-refractivity contribution in [3.8, 4) is 0 Å². The van der Waals surface area contributed by atoms with Crippen LogP contribution in [0.4, 0.5) is 0 Å². The zero-order valence-electron chi connectivity index (χ0n) is 9.06. The van der Waals surface area contributed by atoms with Crippen LogP contribution in [0.25, 0.3) is 0 Å². The Morgan fingerprint density at radius 3 is 1.50 bits per heavy atom. The summed E-state index contributed by atoms with van der Waals surface area (Å²) < 4.78 is 5.48. The summed E-state index contributed by atoms with van der Waals surface area (Å²) in [6.07, 6.45) is 0. The topological polar surface area (TPSA) is 9.23 Å². The van der Waals surface area contributed by atoms with Gasteiger partial charge in [-0.05, 0) is 0 Å². The highest BCUT2D eigenvalue weighted by atomic mass is 35.5. The van der Waals surface area contributed by atoms with E-state index < -0.39 is 5.06 Å². The molecule has 0 aliphatic rings. The Bertz CT molecular complexity index is 399. The van der Waals surface area contributed by atoms with Crippen LogP contribution >= 0.6 is 11.6 Å². The molecule has 0 spiro atoms. The van der Waals surface area contributed by atoms with Crippen LogP contribution in [0.15, 0.2) is 60.7 Å². The Labute approximate surface area is 101 Å². The van der Waals surface area contributed by atoms with Gasteiger partial charge in [0.15, 0.2) is 5.06 Å². The molecule has 82 valence electrons. The van der Waals surface area contributed by atoms with Crippen molar-refractivity contribution in [3.05, 3.63) is 71.8 Å². The quantitative estimate of drug-likeness (QED) is 0.732. The van der Waals surface area contributed by atoms with Crippen molar-refractivity contribution in [3.63, 3.8) is 0 Å². The molecule has 2 aromatic rings. The largest absolute Gasteiger partial charge is 0.355 e. The highest BCUT2D eigenvalue weighted by molar-refractivity contribution is 6.24. The second-order valence-corrected chi connectivity index (χ2v) is 4.06. The summed E-state index contributed by atoms with van der Waals surface area (Å²) >= 11 is 6.55. The smallest absolute Gasteiger partial charge is 0.192 e. The molecule has 16 heavy (non-hydrogen) atoms. The molecule has 0 atom stereocenters. The van der Waals surface area contributed by atoms with E-state index in [9.17, 15) is 0 Å². The fourth-order valence-corrected chi connectivity index (χ4v) is 1.96. The van der Waals surface area contributed by atoms with Gasteiger partial charge in [-0.2, -0.15) is 0 Å². The molecule has 0 heterocycles. The SMILES string of the molecule is COC(Cl)(c1ccccc1)c1ccccc1. The van der Waals surface area contributed by atoms with Crippen LogP contribution in [0.2, 0.25) is 0 Å². The fraction of sp³-hybridized carbons (Fsp3) is 0.143. The number of ether oxygens (including phenoxy) is 1. The van der Waals surface area contributed by atoms with Crippen molar-refractivity contribution in [1.82, 2.24) is 0 Å². The molecule has 0 saturated heterocycles. The third-order valence-electron chi connectivity index (χ3n) is 2.57.